The third-order valence-electron chi connectivity index (χ3n) is 4.78. The van der Waals surface area contributed by atoms with Crippen LogP contribution in [0.25, 0.3) is 0 Å². The molecule has 1 saturated heterocycles. The second-order valence-electron chi connectivity index (χ2n) is 6.31. The largest absolute Gasteiger partial charge is 0.480 e. The molecule has 0 spiro atoms. The number of carbonyl (C=O) groups excluding carboxylic acids is 1. The minimum Gasteiger partial charge on any atom is -0.480 e. The first-order valence-electron chi connectivity index (χ1n) is 7.94. The quantitative estimate of drug-likeness (QED) is 0.809. The molecule has 23 heavy (non-hydrogen) atoms. The summed E-state index contributed by atoms with van der Waals surface area (Å²) in [7, 11) is 0. The van der Waals surface area contributed by atoms with Crippen LogP contribution in [0.1, 0.15) is 30.1 Å². The summed E-state index contributed by atoms with van der Waals surface area (Å²) in [6.45, 7) is 3.37. The molecule has 122 valence electrons. The van der Waals surface area contributed by atoms with E-state index in [1.54, 1.807) is 24.3 Å². The standard InChI is InChI=1S/C17H21N3O3/c1-10(18)11-6-8-20(9-7-11)16-14(17(22)23)15(21)12-4-2-3-5-13(12)19-16/h2-5,10-11,14H,6-9,18H2,1H3,(H,22,23). The summed E-state index contributed by atoms with van der Waals surface area (Å²) >= 11 is 0. The van der Waals surface area contributed by atoms with Crippen molar-refractivity contribution < 1.29 is 14.7 Å². The highest BCUT2D eigenvalue weighted by atomic mass is 16.4. The van der Waals surface area contributed by atoms with E-state index in [4.69, 9.17) is 5.73 Å². The van der Waals surface area contributed by atoms with Crippen LogP contribution >= 0.6 is 0 Å². The third-order valence-corrected chi connectivity index (χ3v) is 4.78. The molecule has 1 fully saturated rings. The van der Waals surface area contributed by atoms with Crippen molar-refractivity contribution in [3.8, 4) is 0 Å². The maximum absolute atomic E-state index is 12.6. The van der Waals surface area contributed by atoms with E-state index >= 15 is 0 Å². The number of carboxylic acids is 1. The first-order valence-corrected chi connectivity index (χ1v) is 7.94. The molecule has 1 aromatic rings. The molecule has 6 heteroatoms. The molecule has 2 aliphatic rings. The highest BCUT2D eigenvalue weighted by Gasteiger charge is 2.40. The lowest BCUT2D eigenvalue weighted by molar-refractivity contribution is -0.138. The van der Waals surface area contributed by atoms with Gasteiger partial charge in [0.25, 0.3) is 0 Å². The van der Waals surface area contributed by atoms with Gasteiger partial charge in [-0.05, 0) is 37.8 Å². The monoisotopic (exact) mass is 315 g/mol. The number of rotatable bonds is 2. The van der Waals surface area contributed by atoms with Gasteiger partial charge in [0.1, 0.15) is 5.84 Å². The number of nitrogens with zero attached hydrogens (tertiary/aromatic N) is 2. The van der Waals surface area contributed by atoms with Crippen molar-refractivity contribution >= 4 is 23.3 Å². The van der Waals surface area contributed by atoms with Gasteiger partial charge in [-0.25, -0.2) is 4.99 Å². The summed E-state index contributed by atoms with van der Waals surface area (Å²) in [4.78, 5) is 30.7. The highest BCUT2D eigenvalue weighted by molar-refractivity contribution is 6.26. The zero-order valence-corrected chi connectivity index (χ0v) is 13.1. The van der Waals surface area contributed by atoms with Crippen LogP contribution in [0.5, 0.6) is 0 Å². The number of fused-ring (bicyclic) bond motifs is 1. The summed E-state index contributed by atoms with van der Waals surface area (Å²) in [5.41, 5.74) is 6.89. The number of Topliss-reactive ketones (excluding diaryl/α,β-unsaturated/α-hetero) is 1. The predicted molar refractivity (Wildman–Crippen MR) is 86.9 cm³/mol. The number of piperidine rings is 1. The van der Waals surface area contributed by atoms with Crippen LogP contribution in [0.15, 0.2) is 29.3 Å². The smallest absolute Gasteiger partial charge is 0.322 e. The fourth-order valence-corrected chi connectivity index (χ4v) is 3.37. The molecular weight excluding hydrogens is 294 g/mol. The van der Waals surface area contributed by atoms with Crippen LogP contribution in [0.3, 0.4) is 0 Å². The summed E-state index contributed by atoms with van der Waals surface area (Å²) < 4.78 is 0. The number of likely N-dealkylation sites (tertiary alicyclic amines) is 1. The topological polar surface area (TPSA) is 96.0 Å². The molecule has 3 rings (SSSR count). The van der Waals surface area contributed by atoms with E-state index in [9.17, 15) is 14.7 Å². The minimum absolute atomic E-state index is 0.128. The van der Waals surface area contributed by atoms with Gasteiger partial charge in [0.05, 0.1) is 5.69 Å². The highest BCUT2D eigenvalue weighted by Crippen LogP contribution is 2.31. The molecular formula is C17H21N3O3. The number of nitrogens with two attached hydrogens (primary N) is 1. The Kier molecular flexibility index (Phi) is 4.17. The van der Waals surface area contributed by atoms with Crippen molar-refractivity contribution in [3.63, 3.8) is 0 Å². The molecule has 0 saturated carbocycles. The van der Waals surface area contributed by atoms with Crippen molar-refractivity contribution in [1.82, 2.24) is 4.90 Å². The first kappa shape index (κ1) is 15.7. The summed E-state index contributed by atoms with van der Waals surface area (Å²) in [5.74, 6) is -1.94. The van der Waals surface area contributed by atoms with E-state index in [2.05, 4.69) is 4.99 Å². The van der Waals surface area contributed by atoms with Crippen molar-refractivity contribution in [3.05, 3.63) is 29.8 Å². The van der Waals surface area contributed by atoms with Crippen LogP contribution < -0.4 is 5.73 Å². The maximum atomic E-state index is 12.6. The normalized spacial score (nSPS) is 23.2. The van der Waals surface area contributed by atoms with Gasteiger partial charge in [0.15, 0.2) is 11.7 Å². The summed E-state index contributed by atoms with van der Waals surface area (Å²) in [6.07, 6.45) is 1.78. The molecule has 0 aliphatic carbocycles. The van der Waals surface area contributed by atoms with Crippen molar-refractivity contribution in [2.45, 2.75) is 25.8 Å². The zero-order chi connectivity index (χ0) is 16.6. The van der Waals surface area contributed by atoms with Crippen molar-refractivity contribution in [2.75, 3.05) is 13.1 Å². The van der Waals surface area contributed by atoms with Crippen LogP contribution in [-0.4, -0.2) is 46.7 Å². The number of amidine groups is 1. The lowest BCUT2D eigenvalue weighted by Crippen LogP contribution is -2.49. The van der Waals surface area contributed by atoms with Gasteiger partial charge in [-0.2, -0.15) is 0 Å². The maximum Gasteiger partial charge on any atom is 0.322 e. The second kappa shape index (κ2) is 6.12. The lowest BCUT2D eigenvalue weighted by atomic mass is 9.88. The Hall–Kier alpha value is -2.21. The van der Waals surface area contributed by atoms with Crippen LogP contribution in [-0.2, 0) is 4.79 Å². The van der Waals surface area contributed by atoms with Crippen LogP contribution in [0.4, 0.5) is 5.69 Å². The van der Waals surface area contributed by atoms with E-state index in [1.807, 2.05) is 11.8 Å². The third kappa shape index (κ3) is 2.86. The summed E-state index contributed by atoms with van der Waals surface area (Å²) in [5, 5.41) is 9.53. The number of benzene rings is 1. The number of carbonyl (C=O) groups is 2. The Morgan fingerprint density at radius 1 is 1.35 bits per heavy atom. The molecule has 2 aliphatic heterocycles. The van der Waals surface area contributed by atoms with Gasteiger partial charge in [-0.1, -0.05) is 12.1 Å². The summed E-state index contributed by atoms with van der Waals surface area (Å²) in [6, 6.07) is 7.04. The molecule has 0 radical (unpaired) electrons. The van der Waals surface area contributed by atoms with Crippen LogP contribution in [0, 0.1) is 11.8 Å². The Morgan fingerprint density at radius 2 is 2.00 bits per heavy atom. The van der Waals surface area contributed by atoms with Gasteiger partial charge in [0, 0.05) is 24.7 Å². The average molecular weight is 315 g/mol. The van der Waals surface area contributed by atoms with Gasteiger partial charge in [-0.3, -0.25) is 9.59 Å². The van der Waals surface area contributed by atoms with Gasteiger partial charge in [0.2, 0.25) is 0 Å². The van der Waals surface area contributed by atoms with Gasteiger partial charge >= 0.3 is 5.97 Å². The van der Waals surface area contributed by atoms with Gasteiger partial charge < -0.3 is 15.7 Å². The number of aliphatic imine (C=N–C) groups is 1. The van der Waals surface area contributed by atoms with E-state index in [0.29, 0.717) is 36.1 Å². The lowest BCUT2D eigenvalue weighted by Gasteiger charge is -2.38. The molecule has 2 atom stereocenters. The minimum atomic E-state index is -1.21. The molecule has 2 heterocycles. The molecule has 6 nitrogen and oxygen atoms in total. The fraction of sp³-hybridized carbons (Fsp3) is 0.471. The molecule has 0 amide bonds. The van der Waals surface area contributed by atoms with Crippen molar-refractivity contribution in [2.24, 2.45) is 22.6 Å². The number of ketones is 1. The average Bonchev–Trinajstić information content (AvgIpc) is 2.54. The Labute approximate surface area is 135 Å². The van der Waals surface area contributed by atoms with E-state index in [0.717, 1.165) is 12.8 Å². The van der Waals surface area contributed by atoms with E-state index < -0.39 is 11.9 Å². The van der Waals surface area contributed by atoms with E-state index in [1.165, 1.54) is 0 Å². The Morgan fingerprint density at radius 3 is 2.61 bits per heavy atom. The zero-order valence-electron chi connectivity index (χ0n) is 13.1. The second-order valence-corrected chi connectivity index (χ2v) is 6.31. The molecule has 1 aromatic carbocycles. The number of carboxylic acid groups (broad SMARTS) is 1. The predicted octanol–water partition coefficient (Wildman–Crippen LogP) is 1.67. The molecule has 0 bridgehead atoms. The number of hydrogen-bond acceptors (Lipinski definition) is 5. The van der Waals surface area contributed by atoms with Crippen LogP contribution in [0.2, 0.25) is 0 Å². The van der Waals surface area contributed by atoms with E-state index in [-0.39, 0.29) is 11.8 Å². The van der Waals surface area contributed by atoms with Crippen molar-refractivity contribution in [1.29, 1.82) is 0 Å². The first-order chi connectivity index (χ1) is 11.0. The Bertz CT molecular complexity index is 661. The van der Waals surface area contributed by atoms with Gasteiger partial charge in [-0.15, -0.1) is 0 Å². The SMILES string of the molecule is CC(N)C1CCN(C2=Nc3ccccc3C(=O)C2C(=O)O)CC1. The number of para-hydroxylation sites is 1. The molecule has 3 N–H and O–H groups in total. The Balaban J connectivity index is 1.92. The molecule has 2 unspecified atom stereocenters. The number of hydrogen-bond donors (Lipinski definition) is 2. The molecule has 0 aromatic heterocycles. The number of aliphatic carboxylic acids is 1. The fourth-order valence-electron chi connectivity index (χ4n) is 3.37.